The van der Waals surface area contributed by atoms with Gasteiger partial charge in [0.25, 0.3) is 0 Å². The third-order valence-electron chi connectivity index (χ3n) is 3.54. The van der Waals surface area contributed by atoms with Gasteiger partial charge in [0.15, 0.2) is 11.5 Å². The summed E-state index contributed by atoms with van der Waals surface area (Å²) in [4.78, 5) is 46.8. The van der Waals surface area contributed by atoms with Crippen LogP contribution in [0, 0.1) is 0 Å². The SMILES string of the molecule is COc1ccc(COC(=O)c2cc(OC(C)=O)c(OC(C)=O)c(OC(C)=O)c2)cc1. The first-order chi connectivity index (χ1) is 14.2. The van der Waals surface area contributed by atoms with Crippen molar-refractivity contribution in [1.82, 2.24) is 0 Å². The first-order valence-corrected chi connectivity index (χ1v) is 8.73. The molecule has 2 rings (SSSR count). The van der Waals surface area contributed by atoms with Gasteiger partial charge in [0.05, 0.1) is 12.7 Å². The lowest BCUT2D eigenvalue weighted by Crippen LogP contribution is -2.13. The monoisotopic (exact) mass is 416 g/mol. The molecular formula is C21H20O9. The lowest BCUT2D eigenvalue weighted by atomic mass is 10.1. The van der Waals surface area contributed by atoms with Gasteiger partial charge >= 0.3 is 23.9 Å². The Bertz CT molecular complexity index is 924. The van der Waals surface area contributed by atoms with Crippen LogP contribution in [0.15, 0.2) is 36.4 Å². The van der Waals surface area contributed by atoms with Crippen molar-refractivity contribution in [2.24, 2.45) is 0 Å². The molecule has 0 aliphatic heterocycles. The average molecular weight is 416 g/mol. The number of hydrogen-bond acceptors (Lipinski definition) is 9. The molecule has 9 nitrogen and oxygen atoms in total. The molecule has 0 aliphatic rings. The zero-order chi connectivity index (χ0) is 22.3. The number of carbonyl (C=O) groups excluding carboxylic acids is 4. The van der Waals surface area contributed by atoms with Crippen molar-refractivity contribution in [2.75, 3.05) is 7.11 Å². The van der Waals surface area contributed by atoms with E-state index in [0.717, 1.165) is 32.9 Å². The highest BCUT2D eigenvalue weighted by Crippen LogP contribution is 2.39. The fourth-order valence-corrected chi connectivity index (χ4v) is 2.35. The third-order valence-corrected chi connectivity index (χ3v) is 3.54. The Morgan fingerprint density at radius 2 is 1.27 bits per heavy atom. The predicted molar refractivity (Wildman–Crippen MR) is 102 cm³/mol. The topological polar surface area (TPSA) is 114 Å². The summed E-state index contributed by atoms with van der Waals surface area (Å²) in [6.45, 7) is 3.32. The van der Waals surface area contributed by atoms with Crippen LogP contribution >= 0.6 is 0 Å². The molecule has 0 aliphatic carbocycles. The summed E-state index contributed by atoms with van der Waals surface area (Å²) in [5, 5.41) is 0. The van der Waals surface area contributed by atoms with Crippen molar-refractivity contribution in [1.29, 1.82) is 0 Å². The number of hydrogen-bond donors (Lipinski definition) is 0. The second kappa shape index (κ2) is 10.1. The lowest BCUT2D eigenvalue weighted by Gasteiger charge is -2.14. The van der Waals surface area contributed by atoms with Crippen molar-refractivity contribution in [3.8, 4) is 23.0 Å². The van der Waals surface area contributed by atoms with Crippen molar-refractivity contribution in [3.63, 3.8) is 0 Å². The zero-order valence-electron chi connectivity index (χ0n) is 16.8. The maximum Gasteiger partial charge on any atom is 0.338 e. The highest BCUT2D eigenvalue weighted by molar-refractivity contribution is 5.92. The number of benzene rings is 2. The average Bonchev–Trinajstić information content (AvgIpc) is 2.67. The first kappa shape index (κ1) is 22.4. The minimum absolute atomic E-state index is 0.0413. The molecule has 0 unspecified atom stereocenters. The maximum atomic E-state index is 12.5. The summed E-state index contributed by atoms with van der Waals surface area (Å²) in [6, 6.07) is 9.20. The first-order valence-electron chi connectivity index (χ1n) is 8.73. The standard InChI is InChI=1S/C21H20O9/c1-12(22)28-18-9-16(10-19(29-13(2)23)20(18)30-14(3)24)21(25)27-11-15-5-7-17(26-4)8-6-15/h5-10H,11H2,1-4H3. The Hall–Kier alpha value is -3.88. The van der Waals surface area contributed by atoms with E-state index >= 15 is 0 Å². The number of methoxy groups -OCH3 is 1. The maximum absolute atomic E-state index is 12.5. The Kier molecular flexibility index (Phi) is 7.51. The molecular weight excluding hydrogens is 396 g/mol. The molecule has 0 heterocycles. The highest BCUT2D eigenvalue weighted by atomic mass is 16.6. The van der Waals surface area contributed by atoms with Crippen LogP contribution in [0.3, 0.4) is 0 Å². The van der Waals surface area contributed by atoms with Gasteiger partial charge in [-0.1, -0.05) is 12.1 Å². The Balaban J connectivity index is 2.34. The summed E-state index contributed by atoms with van der Waals surface area (Å²) in [7, 11) is 1.54. The smallest absolute Gasteiger partial charge is 0.338 e. The number of ether oxygens (including phenoxy) is 5. The third kappa shape index (κ3) is 6.33. The fraction of sp³-hybridized carbons (Fsp3) is 0.238. The Morgan fingerprint density at radius 1 is 0.767 bits per heavy atom. The van der Waals surface area contributed by atoms with E-state index in [0.29, 0.717) is 11.3 Å². The lowest BCUT2D eigenvalue weighted by molar-refractivity contribution is -0.135. The molecule has 0 radical (unpaired) electrons. The van der Waals surface area contributed by atoms with Crippen LogP contribution in [0.4, 0.5) is 0 Å². The van der Waals surface area contributed by atoms with Crippen LogP contribution in [0.2, 0.25) is 0 Å². The van der Waals surface area contributed by atoms with Crippen molar-refractivity contribution in [2.45, 2.75) is 27.4 Å². The van der Waals surface area contributed by atoms with Crippen LogP contribution in [0.5, 0.6) is 23.0 Å². The molecule has 0 saturated heterocycles. The van der Waals surface area contributed by atoms with Crippen LogP contribution in [0.1, 0.15) is 36.7 Å². The van der Waals surface area contributed by atoms with Crippen LogP contribution in [-0.4, -0.2) is 31.0 Å². The molecule has 0 aromatic heterocycles. The largest absolute Gasteiger partial charge is 0.497 e. The van der Waals surface area contributed by atoms with E-state index in [4.69, 9.17) is 23.7 Å². The number of rotatable bonds is 7. The minimum Gasteiger partial charge on any atom is -0.497 e. The van der Waals surface area contributed by atoms with Gasteiger partial charge in [-0.15, -0.1) is 0 Å². The molecule has 0 amide bonds. The van der Waals surface area contributed by atoms with E-state index in [9.17, 15) is 19.2 Å². The van der Waals surface area contributed by atoms with Gasteiger partial charge in [-0.25, -0.2) is 4.79 Å². The second-order valence-electron chi connectivity index (χ2n) is 6.01. The number of carbonyl (C=O) groups is 4. The zero-order valence-corrected chi connectivity index (χ0v) is 16.8. The molecule has 2 aromatic carbocycles. The molecule has 30 heavy (non-hydrogen) atoms. The van der Waals surface area contributed by atoms with E-state index in [1.165, 1.54) is 7.11 Å². The van der Waals surface area contributed by atoms with Gasteiger partial charge in [-0.05, 0) is 29.8 Å². The van der Waals surface area contributed by atoms with Crippen molar-refractivity contribution >= 4 is 23.9 Å². The molecule has 0 bridgehead atoms. The van der Waals surface area contributed by atoms with Crippen LogP contribution < -0.4 is 18.9 Å². The molecule has 158 valence electrons. The fourth-order valence-electron chi connectivity index (χ4n) is 2.35. The van der Waals surface area contributed by atoms with Crippen molar-refractivity contribution < 1.29 is 42.9 Å². The van der Waals surface area contributed by atoms with E-state index in [-0.39, 0.29) is 29.4 Å². The Morgan fingerprint density at radius 3 is 1.70 bits per heavy atom. The van der Waals surface area contributed by atoms with E-state index in [1.54, 1.807) is 24.3 Å². The molecule has 0 spiro atoms. The minimum atomic E-state index is -0.776. The highest BCUT2D eigenvalue weighted by Gasteiger charge is 2.23. The van der Waals surface area contributed by atoms with Gasteiger partial charge in [-0.3, -0.25) is 14.4 Å². The van der Waals surface area contributed by atoms with E-state index in [1.807, 2.05) is 0 Å². The van der Waals surface area contributed by atoms with Crippen molar-refractivity contribution in [3.05, 3.63) is 47.5 Å². The molecule has 9 heteroatoms. The molecule has 0 fully saturated rings. The molecule has 0 N–H and O–H groups in total. The van der Waals surface area contributed by atoms with Crippen LogP contribution in [0.25, 0.3) is 0 Å². The molecule has 2 aromatic rings. The summed E-state index contributed by atoms with van der Waals surface area (Å²) in [5.41, 5.74) is 0.632. The molecule has 0 atom stereocenters. The van der Waals surface area contributed by atoms with Crippen LogP contribution in [-0.2, 0) is 25.7 Å². The Labute approximate surface area is 172 Å². The number of esters is 4. The van der Waals surface area contributed by atoms with Gasteiger partial charge in [0, 0.05) is 20.8 Å². The molecule has 0 saturated carbocycles. The van der Waals surface area contributed by atoms with Gasteiger partial charge in [-0.2, -0.15) is 0 Å². The summed E-state index contributed by atoms with van der Waals surface area (Å²) < 4.78 is 25.4. The predicted octanol–water partition coefficient (Wildman–Crippen LogP) is 2.83. The summed E-state index contributed by atoms with van der Waals surface area (Å²) in [6.07, 6.45) is 0. The normalized spacial score (nSPS) is 10.0. The van der Waals surface area contributed by atoms with Gasteiger partial charge in [0.2, 0.25) is 5.75 Å². The van der Waals surface area contributed by atoms with E-state index in [2.05, 4.69) is 0 Å². The van der Waals surface area contributed by atoms with Gasteiger partial charge in [0.1, 0.15) is 12.4 Å². The summed E-state index contributed by atoms with van der Waals surface area (Å²) >= 11 is 0. The van der Waals surface area contributed by atoms with E-state index < -0.39 is 23.9 Å². The van der Waals surface area contributed by atoms with Gasteiger partial charge < -0.3 is 23.7 Å². The second-order valence-corrected chi connectivity index (χ2v) is 6.01. The summed E-state index contributed by atoms with van der Waals surface area (Å²) in [5.74, 6) is -3.18. The quantitative estimate of drug-likeness (QED) is 0.496.